The Labute approximate surface area is 143 Å². The molecule has 2 aromatic rings. The van der Waals surface area contributed by atoms with E-state index in [4.69, 9.17) is 4.74 Å². The van der Waals surface area contributed by atoms with Crippen LogP contribution in [0.4, 0.5) is 14.3 Å². The minimum Gasteiger partial charge on any atom is -0.375 e. The van der Waals surface area contributed by atoms with Crippen molar-refractivity contribution in [3.63, 3.8) is 0 Å². The summed E-state index contributed by atoms with van der Waals surface area (Å²) in [6, 6.07) is 6.36. The molecule has 24 heavy (non-hydrogen) atoms. The number of thiazole rings is 1. The van der Waals surface area contributed by atoms with Crippen LogP contribution in [0.3, 0.4) is 0 Å². The number of anilines is 1. The van der Waals surface area contributed by atoms with Gasteiger partial charge in [-0.3, -0.25) is 5.32 Å². The van der Waals surface area contributed by atoms with Gasteiger partial charge in [0.2, 0.25) is 0 Å². The molecule has 0 radical (unpaired) electrons. The van der Waals surface area contributed by atoms with Crippen LogP contribution in [0.1, 0.15) is 29.0 Å². The van der Waals surface area contributed by atoms with E-state index in [0.29, 0.717) is 24.9 Å². The molecule has 0 atom stereocenters. The maximum absolute atomic E-state index is 13.4. The number of rotatable bonds is 4. The second kappa shape index (κ2) is 6.14. The second-order valence-corrected chi connectivity index (χ2v) is 7.37. The van der Waals surface area contributed by atoms with Gasteiger partial charge in [-0.05, 0) is 30.5 Å². The van der Waals surface area contributed by atoms with Gasteiger partial charge >= 0.3 is 6.03 Å². The molecule has 1 aromatic carbocycles. The van der Waals surface area contributed by atoms with Crippen LogP contribution >= 0.6 is 11.3 Å². The third-order valence-corrected chi connectivity index (χ3v) is 5.58. The minimum atomic E-state index is -0.273. The molecule has 1 aliphatic carbocycles. The van der Waals surface area contributed by atoms with Crippen LogP contribution in [0.2, 0.25) is 0 Å². The zero-order chi connectivity index (χ0) is 16.6. The fourth-order valence-corrected chi connectivity index (χ4v) is 3.95. The predicted octanol–water partition coefficient (Wildman–Crippen LogP) is 3.21. The van der Waals surface area contributed by atoms with Crippen molar-refractivity contribution in [2.75, 3.05) is 18.5 Å². The Morgan fingerprint density at radius 3 is 3.04 bits per heavy atom. The molecule has 4 rings (SSSR count). The number of hydrogen-bond donors (Lipinski definition) is 2. The van der Waals surface area contributed by atoms with E-state index in [1.165, 1.54) is 17.4 Å². The number of benzene rings is 1. The van der Waals surface area contributed by atoms with E-state index >= 15 is 0 Å². The van der Waals surface area contributed by atoms with Crippen LogP contribution in [0.25, 0.3) is 0 Å². The Morgan fingerprint density at radius 1 is 1.42 bits per heavy atom. The second-order valence-electron chi connectivity index (χ2n) is 6.29. The largest absolute Gasteiger partial charge is 0.375 e. The first kappa shape index (κ1) is 15.5. The van der Waals surface area contributed by atoms with Gasteiger partial charge in [0.15, 0.2) is 5.13 Å². The number of urea groups is 1. The fourth-order valence-electron chi connectivity index (χ4n) is 3.01. The van der Waals surface area contributed by atoms with E-state index in [1.54, 1.807) is 12.1 Å². The number of carbonyl (C=O) groups excluding carboxylic acids is 1. The van der Waals surface area contributed by atoms with E-state index in [-0.39, 0.29) is 17.3 Å². The lowest BCUT2D eigenvalue weighted by Gasteiger charge is -2.16. The van der Waals surface area contributed by atoms with Crippen LogP contribution in [0.5, 0.6) is 0 Å². The minimum absolute atomic E-state index is 0.130. The van der Waals surface area contributed by atoms with Crippen LogP contribution < -0.4 is 10.6 Å². The van der Waals surface area contributed by atoms with Crippen LogP contribution in [-0.4, -0.2) is 24.2 Å². The van der Waals surface area contributed by atoms with E-state index in [0.717, 1.165) is 35.4 Å². The summed E-state index contributed by atoms with van der Waals surface area (Å²) in [6.07, 6.45) is 2.71. The normalized spacial score (nSPS) is 17.9. The molecule has 0 bridgehead atoms. The van der Waals surface area contributed by atoms with Crippen LogP contribution in [-0.2, 0) is 23.2 Å². The van der Waals surface area contributed by atoms with Crippen LogP contribution in [0.15, 0.2) is 24.3 Å². The number of halogens is 1. The summed E-state index contributed by atoms with van der Waals surface area (Å²) in [5.74, 6) is -0.237. The maximum Gasteiger partial charge on any atom is 0.321 e. The van der Waals surface area contributed by atoms with Crippen molar-refractivity contribution in [2.24, 2.45) is 0 Å². The molecule has 1 saturated carbocycles. The van der Waals surface area contributed by atoms with Crippen molar-refractivity contribution >= 4 is 22.5 Å². The highest BCUT2D eigenvalue weighted by Crippen LogP contribution is 2.47. The Morgan fingerprint density at radius 2 is 2.29 bits per heavy atom. The molecule has 126 valence electrons. The number of ether oxygens (including phenoxy) is 1. The smallest absolute Gasteiger partial charge is 0.321 e. The van der Waals surface area contributed by atoms with Gasteiger partial charge in [-0.2, -0.15) is 0 Å². The van der Waals surface area contributed by atoms with Gasteiger partial charge in [-0.15, -0.1) is 0 Å². The van der Waals surface area contributed by atoms with Crippen molar-refractivity contribution < 1.29 is 13.9 Å². The van der Waals surface area contributed by atoms with Gasteiger partial charge in [0.1, 0.15) is 5.82 Å². The zero-order valence-electron chi connectivity index (χ0n) is 13.1. The zero-order valence-corrected chi connectivity index (χ0v) is 13.9. The van der Waals surface area contributed by atoms with Crippen molar-refractivity contribution in [3.8, 4) is 0 Å². The summed E-state index contributed by atoms with van der Waals surface area (Å²) in [7, 11) is 0. The Kier molecular flexibility index (Phi) is 3.97. The topological polar surface area (TPSA) is 63.2 Å². The Hall–Kier alpha value is -1.99. The fraction of sp³-hybridized carbons (Fsp3) is 0.412. The average molecular weight is 347 g/mol. The molecule has 0 spiro atoms. The van der Waals surface area contributed by atoms with Crippen molar-refractivity contribution in [1.82, 2.24) is 10.3 Å². The van der Waals surface area contributed by atoms with Gasteiger partial charge in [-0.1, -0.05) is 23.5 Å². The lowest BCUT2D eigenvalue weighted by molar-refractivity contribution is 0.112. The standard InChI is InChI=1S/C17H18FN3O2S/c18-12-3-1-2-11(8-12)17(5-6-17)10-19-15(22)21-16-20-13-4-7-23-9-14(13)24-16/h1-3,8H,4-7,9-10H2,(H2,19,20,21,22). The quantitative estimate of drug-likeness (QED) is 0.893. The molecular weight excluding hydrogens is 329 g/mol. The lowest BCUT2D eigenvalue weighted by Crippen LogP contribution is -2.35. The molecule has 5 nitrogen and oxygen atoms in total. The third-order valence-electron chi connectivity index (χ3n) is 4.59. The number of fused-ring (bicyclic) bond motifs is 1. The molecule has 1 aliphatic heterocycles. The lowest BCUT2D eigenvalue weighted by atomic mass is 9.96. The van der Waals surface area contributed by atoms with Gasteiger partial charge < -0.3 is 10.1 Å². The molecule has 1 aromatic heterocycles. The summed E-state index contributed by atoms with van der Waals surface area (Å²) < 4.78 is 18.8. The van der Waals surface area contributed by atoms with Crippen molar-refractivity contribution in [2.45, 2.75) is 31.3 Å². The Balaban J connectivity index is 1.36. The maximum atomic E-state index is 13.4. The van der Waals surface area contributed by atoms with E-state index in [2.05, 4.69) is 15.6 Å². The highest BCUT2D eigenvalue weighted by Gasteiger charge is 2.44. The molecule has 2 heterocycles. The molecule has 2 aliphatic rings. The van der Waals surface area contributed by atoms with Crippen molar-refractivity contribution in [1.29, 1.82) is 0 Å². The van der Waals surface area contributed by atoms with Gasteiger partial charge in [-0.25, -0.2) is 14.2 Å². The number of carbonyl (C=O) groups is 1. The van der Waals surface area contributed by atoms with Gasteiger partial charge in [0.05, 0.1) is 23.8 Å². The molecule has 1 fully saturated rings. The average Bonchev–Trinajstić information content (AvgIpc) is 3.26. The van der Waals surface area contributed by atoms with Crippen LogP contribution in [0, 0.1) is 5.82 Å². The number of aromatic nitrogens is 1. The summed E-state index contributed by atoms with van der Waals surface area (Å²) >= 11 is 1.45. The summed E-state index contributed by atoms with van der Waals surface area (Å²) in [4.78, 5) is 17.7. The van der Waals surface area contributed by atoms with Crippen molar-refractivity contribution in [3.05, 3.63) is 46.2 Å². The number of hydrogen-bond acceptors (Lipinski definition) is 4. The molecular formula is C17H18FN3O2S. The first-order valence-electron chi connectivity index (χ1n) is 8.02. The summed E-state index contributed by atoms with van der Waals surface area (Å²) in [5.41, 5.74) is 1.83. The van der Waals surface area contributed by atoms with E-state index in [9.17, 15) is 9.18 Å². The van der Waals surface area contributed by atoms with E-state index in [1.807, 2.05) is 6.07 Å². The van der Waals surface area contributed by atoms with Gasteiger partial charge in [0, 0.05) is 18.4 Å². The summed E-state index contributed by atoms with van der Waals surface area (Å²) in [5, 5.41) is 6.28. The highest BCUT2D eigenvalue weighted by atomic mass is 32.1. The predicted molar refractivity (Wildman–Crippen MR) is 89.8 cm³/mol. The molecule has 2 amide bonds. The monoisotopic (exact) mass is 347 g/mol. The summed E-state index contributed by atoms with van der Waals surface area (Å²) in [6.45, 7) is 1.74. The third kappa shape index (κ3) is 3.14. The SMILES string of the molecule is O=C(NCC1(c2cccc(F)c2)CC1)Nc1nc2c(s1)COCC2. The molecule has 0 saturated heterocycles. The van der Waals surface area contributed by atoms with Gasteiger partial charge in [0.25, 0.3) is 0 Å². The highest BCUT2D eigenvalue weighted by molar-refractivity contribution is 7.15. The number of nitrogens with one attached hydrogen (secondary N) is 2. The number of amides is 2. The first-order chi connectivity index (χ1) is 11.6. The first-order valence-corrected chi connectivity index (χ1v) is 8.84. The molecule has 7 heteroatoms. The molecule has 2 N–H and O–H groups in total. The van der Waals surface area contributed by atoms with E-state index < -0.39 is 0 Å². The molecule has 0 unspecified atom stereocenters. The number of nitrogens with zero attached hydrogens (tertiary/aromatic N) is 1. The Bertz CT molecular complexity index is 749.